The Morgan fingerprint density at radius 2 is 1.70 bits per heavy atom. The minimum Gasteiger partial charge on any atom is -0.489 e. The zero-order chi connectivity index (χ0) is 21.1. The number of nitrogens with zero attached hydrogens (tertiary/aromatic N) is 2. The second-order valence-corrected chi connectivity index (χ2v) is 8.92. The van der Waals surface area contributed by atoms with Gasteiger partial charge in [-0.25, -0.2) is 0 Å². The van der Waals surface area contributed by atoms with Crippen LogP contribution in [0.2, 0.25) is 5.02 Å². The molecule has 1 aromatic heterocycles. The van der Waals surface area contributed by atoms with Crippen LogP contribution in [0.25, 0.3) is 22.2 Å². The Bertz CT molecular complexity index is 1140. The molecular weight excluding hydrogens is 460 g/mol. The van der Waals surface area contributed by atoms with E-state index in [0.717, 1.165) is 50.5 Å². The van der Waals surface area contributed by atoms with E-state index in [-0.39, 0.29) is 0 Å². The fourth-order valence-electron chi connectivity index (χ4n) is 3.59. The second kappa shape index (κ2) is 9.25. The normalized spacial score (nSPS) is 11.4. The van der Waals surface area contributed by atoms with Crippen LogP contribution >= 0.6 is 27.5 Å². The second-order valence-electron chi connectivity index (χ2n) is 7.57. The van der Waals surface area contributed by atoms with Crippen LogP contribution < -0.4 is 4.74 Å². The summed E-state index contributed by atoms with van der Waals surface area (Å²) in [4.78, 5) is 2.13. The van der Waals surface area contributed by atoms with Crippen molar-refractivity contribution < 1.29 is 4.74 Å². The minimum atomic E-state index is 0.618. The highest BCUT2D eigenvalue weighted by Crippen LogP contribution is 2.41. The molecule has 4 rings (SSSR count). The summed E-state index contributed by atoms with van der Waals surface area (Å²) in [6.07, 6.45) is 0. The summed E-state index contributed by atoms with van der Waals surface area (Å²) >= 11 is 9.93. The lowest BCUT2D eigenvalue weighted by atomic mass is 10.1. The van der Waals surface area contributed by atoms with Gasteiger partial charge >= 0.3 is 0 Å². The van der Waals surface area contributed by atoms with Gasteiger partial charge in [-0.05, 0) is 50.0 Å². The monoisotopic (exact) mass is 482 g/mol. The van der Waals surface area contributed by atoms with Crippen LogP contribution in [0.15, 0.2) is 77.3 Å². The number of likely N-dealkylation sites (N-methyl/N-ethyl adjacent to an activating group) is 1. The quantitative estimate of drug-likeness (QED) is 0.290. The van der Waals surface area contributed by atoms with Gasteiger partial charge in [0.15, 0.2) is 5.75 Å². The first kappa shape index (κ1) is 21.0. The Hall–Kier alpha value is -2.27. The molecule has 0 saturated carbocycles. The maximum absolute atomic E-state index is 6.40. The number of halogens is 2. The number of hydrogen-bond donors (Lipinski definition) is 0. The molecule has 0 aliphatic carbocycles. The molecule has 0 radical (unpaired) electrons. The summed E-state index contributed by atoms with van der Waals surface area (Å²) in [5, 5.41) is 1.80. The third-order valence-electron chi connectivity index (χ3n) is 5.07. The van der Waals surface area contributed by atoms with Crippen molar-refractivity contribution in [2.75, 3.05) is 27.2 Å². The molecule has 0 spiro atoms. The molecule has 0 amide bonds. The lowest BCUT2D eigenvalue weighted by Gasteiger charge is -2.15. The van der Waals surface area contributed by atoms with Gasteiger partial charge in [0.25, 0.3) is 0 Å². The van der Waals surface area contributed by atoms with Crippen molar-refractivity contribution >= 4 is 38.4 Å². The van der Waals surface area contributed by atoms with E-state index < -0.39 is 0 Å². The Balaban J connectivity index is 1.90. The van der Waals surface area contributed by atoms with Gasteiger partial charge in [0.2, 0.25) is 0 Å². The maximum atomic E-state index is 6.40. The fraction of sp³-hybridized carbons (Fsp3) is 0.200. The van der Waals surface area contributed by atoms with Crippen molar-refractivity contribution in [3.8, 4) is 17.0 Å². The van der Waals surface area contributed by atoms with Crippen LogP contribution in [0.5, 0.6) is 5.75 Å². The first-order valence-corrected chi connectivity index (χ1v) is 11.1. The molecule has 0 unspecified atom stereocenters. The molecule has 0 aliphatic rings. The number of aromatic nitrogens is 1. The molecule has 3 aromatic carbocycles. The Labute approximate surface area is 191 Å². The van der Waals surface area contributed by atoms with Gasteiger partial charge in [0, 0.05) is 33.5 Å². The van der Waals surface area contributed by atoms with Gasteiger partial charge in [-0.3, -0.25) is 0 Å². The Kier molecular flexibility index (Phi) is 6.47. The Morgan fingerprint density at radius 3 is 2.40 bits per heavy atom. The van der Waals surface area contributed by atoms with Crippen LogP contribution in [0, 0.1) is 0 Å². The number of hydrogen-bond acceptors (Lipinski definition) is 2. The highest BCUT2D eigenvalue weighted by Gasteiger charge is 2.20. The van der Waals surface area contributed by atoms with Gasteiger partial charge in [-0.2, -0.15) is 0 Å². The van der Waals surface area contributed by atoms with E-state index in [1.807, 2.05) is 18.2 Å². The van der Waals surface area contributed by atoms with E-state index in [1.54, 1.807) is 0 Å². The van der Waals surface area contributed by atoms with Crippen molar-refractivity contribution in [1.29, 1.82) is 0 Å². The van der Waals surface area contributed by atoms with Crippen LogP contribution in [-0.2, 0) is 6.54 Å². The van der Waals surface area contributed by atoms with Gasteiger partial charge < -0.3 is 14.2 Å². The lowest BCUT2D eigenvalue weighted by molar-refractivity contribution is 0.264. The van der Waals surface area contributed by atoms with E-state index in [0.29, 0.717) is 6.61 Å². The number of rotatable bonds is 7. The first-order chi connectivity index (χ1) is 14.5. The van der Waals surface area contributed by atoms with Gasteiger partial charge in [0.05, 0.1) is 11.2 Å². The highest BCUT2D eigenvalue weighted by atomic mass is 79.9. The van der Waals surface area contributed by atoms with Gasteiger partial charge in [-0.1, -0.05) is 70.0 Å². The van der Waals surface area contributed by atoms with Crippen molar-refractivity contribution in [2.45, 2.75) is 6.54 Å². The topological polar surface area (TPSA) is 17.4 Å². The maximum Gasteiger partial charge on any atom is 0.152 e. The number of benzene rings is 3. The predicted octanol–water partition coefficient (Wildman–Crippen LogP) is 6.71. The summed E-state index contributed by atoms with van der Waals surface area (Å²) in [5.74, 6) is 0.909. The summed E-state index contributed by atoms with van der Waals surface area (Å²) in [5.41, 5.74) is 4.49. The third kappa shape index (κ3) is 4.56. The van der Waals surface area contributed by atoms with Crippen LogP contribution in [0.3, 0.4) is 0 Å². The molecule has 5 heteroatoms. The summed E-state index contributed by atoms with van der Waals surface area (Å²) < 4.78 is 9.76. The lowest BCUT2D eigenvalue weighted by Crippen LogP contribution is -2.19. The van der Waals surface area contributed by atoms with Crippen molar-refractivity contribution in [1.82, 2.24) is 9.47 Å². The van der Waals surface area contributed by atoms with E-state index >= 15 is 0 Å². The molecular formula is C25H24BrClN2O. The molecule has 0 bridgehead atoms. The van der Waals surface area contributed by atoms with Crippen molar-refractivity contribution in [3.05, 3.63) is 87.9 Å². The van der Waals surface area contributed by atoms with Crippen molar-refractivity contribution in [2.24, 2.45) is 0 Å². The summed E-state index contributed by atoms with van der Waals surface area (Å²) in [6.45, 7) is 2.19. The zero-order valence-corrected chi connectivity index (χ0v) is 19.5. The van der Waals surface area contributed by atoms with E-state index in [9.17, 15) is 0 Å². The summed E-state index contributed by atoms with van der Waals surface area (Å²) in [6, 6.07) is 24.9. The Morgan fingerprint density at radius 1 is 0.967 bits per heavy atom. The summed E-state index contributed by atoms with van der Waals surface area (Å²) in [7, 11) is 4.11. The van der Waals surface area contributed by atoms with Gasteiger partial charge in [0.1, 0.15) is 6.61 Å². The van der Waals surface area contributed by atoms with Crippen LogP contribution in [-0.4, -0.2) is 36.7 Å². The number of ether oxygens (including phenoxy) is 1. The highest BCUT2D eigenvalue weighted by molar-refractivity contribution is 9.10. The average Bonchev–Trinajstić information content (AvgIpc) is 3.02. The molecule has 0 atom stereocenters. The predicted molar refractivity (Wildman–Crippen MR) is 130 cm³/mol. The molecule has 3 nitrogen and oxygen atoms in total. The van der Waals surface area contributed by atoms with Crippen LogP contribution in [0.1, 0.15) is 5.56 Å². The third-order valence-corrected chi connectivity index (χ3v) is 5.83. The molecule has 0 aliphatic heterocycles. The molecule has 0 fully saturated rings. The number of fused-ring (bicyclic) bond motifs is 1. The SMILES string of the molecule is CN(C)CCOc1c(-c2ccccc2)n(Cc2ccc(Br)cc2)c2cc(Cl)ccc12. The molecule has 0 saturated heterocycles. The van der Waals surface area contributed by atoms with Crippen molar-refractivity contribution in [3.63, 3.8) is 0 Å². The molecule has 4 aromatic rings. The zero-order valence-electron chi connectivity index (χ0n) is 17.1. The van der Waals surface area contributed by atoms with E-state index in [4.69, 9.17) is 16.3 Å². The smallest absolute Gasteiger partial charge is 0.152 e. The van der Waals surface area contributed by atoms with E-state index in [1.165, 1.54) is 5.56 Å². The largest absolute Gasteiger partial charge is 0.489 e. The van der Waals surface area contributed by atoms with Gasteiger partial charge in [-0.15, -0.1) is 0 Å². The fourth-order valence-corrected chi connectivity index (χ4v) is 4.02. The molecule has 30 heavy (non-hydrogen) atoms. The average molecular weight is 484 g/mol. The molecule has 154 valence electrons. The first-order valence-electron chi connectivity index (χ1n) is 9.92. The minimum absolute atomic E-state index is 0.618. The molecule has 1 heterocycles. The standard InChI is InChI=1S/C25H24BrClN2O/c1-28(2)14-15-30-25-22-13-12-21(27)16-23(22)29(17-18-8-10-20(26)11-9-18)24(25)19-6-4-3-5-7-19/h3-13,16H,14-15,17H2,1-2H3. The molecule has 0 N–H and O–H groups in total. The van der Waals surface area contributed by atoms with E-state index in [2.05, 4.69) is 94.1 Å². The van der Waals surface area contributed by atoms with Crippen LogP contribution in [0.4, 0.5) is 0 Å².